The van der Waals surface area contributed by atoms with Crippen LogP contribution in [0.5, 0.6) is 0 Å². The van der Waals surface area contributed by atoms with Crippen LogP contribution < -0.4 is 0 Å². The Balaban J connectivity index is 0.000000360. The summed E-state index contributed by atoms with van der Waals surface area (Å²) >= 11 is 0. The van der Waals surface area contributed by atoms with Crippen molar-refractivity contribution in [2.75, 3.05) is 0 Å². The zero-order valence-corrected chi connectivity index (χ0v) is 3.85. The van der Waals surface area contributed by atoms with E-state index in [4.69, 9.17) is 5.11 Å². The molecule has 0 unspecified atom stereocenters. The second kappa shape index (κ2) is 4.47. The number of hydrogen-bond donors (Lipinski definition) is 1. The Morgan fingerprint density at radius 2 is 1.57 bits per heavy atom. The van der Waals surface area contributed by atoms with E-state index in [1.165, 1.54) is 12.8 Å². The van der Waals surface area contributed by atoms with Crippen molar-refractivity contribution in [1.29, 1.82) is 0 Å². The van der Waals surface area contributed by atoms with E-state index in [9.17, 15) is 0 Å². The van der Waals surface area contributed by atoms with E-state index in [1.807, 2.05) is 0 Å². The van der Waals surface area contributed by atoms with E-state index in [0.29, 0.717) is 0 Å². The van der Waals surface area contributed by atoms with Crippen LogP contribution in [0, 0.1) is 0 Å². The Hall–Kier alpha value is 1.60. The summed E-state index contributed by atoms with van der Waals surface area (Å²) in [6, 6.07) is 0. The Morgan fingerprint density at radius 3 is 1.71 bits per heavy atom. The summed E-state index contributed by atoms with van der Waals surface area (Å²) in [5, 5.41) is 8.73. The predicted molar refractivity (Wildman–Crippen MR) is 31.6 cm³/mol. The van der Waals surface area contributed by atoms with Crippen molar-refractivity contribution in [2.45, 2.75) is 31.8 Å². The number of hydrogen-bond acceptors (Lipinski definition) is 1. The third kappa shape index (κ3) is 3.22. The molecule has 0 spiro atoms. The monoisotopic (exact) mass is 126 g/mol. The zero-order valence-electron chi connectivity index (χ0n) is 3.85. The summed E-state index contributed by atoms with van der Waals surface area (Å²) in [5.74, 6) is 0. The minimum atomic E-state index is 0. The molecule has 0 aromatic heterocycles. The first-order valence-electron chi connectivity index (χ1n) is 2.57. The average Bonchev–Trinajstić information content (AvgIpc) is 1.86. The van der Waals surface area contributed by atoms with Crippen LogP contribution in [0.15, 0.2) is 0 Å². The molecule has 0 amide bonds. The van der Waals surface area contributed by atoms with E-state index in [0.717, 1.165) is 12.8 Å². The summed E-state index contributed by atoms with van der Waals surface area (Å²) in [6.45, 7) is 0. The second-order valence-corrected chi connectivity index (χ2v) is 1.94. The molecule has 1 N–H and O–H groups in total. The van der Waals surface area contributed by atoms with Crippen LogP contribution in [0.3, 0.4) is 0 Å². The van der Waals surface area contributed by atoms with Gasteiger partial charge in [0.25, 0.3) is 0 Å². The molecule has 1 aliphatic carbocycles. The van der Waals surface area contributed by atoms with Gasteiger partial charge in [0, 0.05) is 0 Å². The van der Waals surface area contributed by atoms with Crippen LogP contribution in [-0.2, 0) is 0 Å². The molecule has 0 radical (unpaired) electrons. The van der Waals surface area contributed by atoms with Crippen molar-refractivity contribution in [3.8, 4) is 0 Å². The first-order valence-corrected chi connectivity index (χ1v) is 2.57. The quantitative estimate of drug-likeness (QED) is 0.462. The summed E-state index contributed by atoms with van der Waals surface area (Å²) in [6.07, 6.45) is 4.60. The topological polar surface area (TPSA) is 20.2 Å². The van der Waals surface area contributed by atoms with Gasteiger partial charge in [-0.2, -0.15) is 0 Å². The molecule has 1 rings (SSSR count). The molecule has 0 aromatic carbocycles. The second-order valence-electron chi connectivity index (χ2n) is 1.94. The molecule has 1 fully saturated rings. The van der Waals surface area contributed by atoms with Crippen molar-refractivity contribution >= 4 is 51.4 Å². The first-order chi connectivity index (χ1) is 2.89. The van der Waals surface area contributed by atoms with Gasteiger partial charge in [0.1, 0.15) is 0 Å². The SMILES string of the molecule is OC1CCCC1.[KH]. The molecular formula is C5H11KO. The maximum atomic E-state index is 8.73. The molecule has 0 atom stereocenters. The maximum absolute atomic E-state index is 8.73. The Labute approximate surface area is 86.9 Å². The first kappa shape index (κ1) is 8.60. The Morgan fingerprint density at radius 1 is 1.14 bits per heavy atom. The molecule has 7 heavy (non-hydrogen) atoms. The summed E-state index contributed by atoms with van der Waals surface area (Å²) in [4.78, 5) is 0. The van der Waals surface area contributed by atoms with E-state index in [1.54, 1.807) is 0 Å². The van der Waals surface area contributed by atoms with Crippen molar-refractivity contribution in [1.82, 2.24) is 0 Å². The minimum absolute atomic E-state index is 0. The molecule has 0 saturated heterocycles. The fourth-order valence-corrected chi connectivity index (χ4v) is 0.904. The third-order valence-electron chi connectivity index (χ3n) is 1.32. The van der Waals surface area contributed by atoms with Gasteiger partial charge in [-0.1, -0.05) is 12.8 Å². The van der Waals surface area contributed by atoms with Crippen LogP contribution in [0.4, 0.5) is 0 Å². The molecule has 0 bridgehead atoms. The molecule has 1 nitrogen and oxygen atoms in total. The third-order valence-corrected chi connectivity index (χ3v) is 1.32. The van der Waals surface area contributed by atoms with Crippen molar-refractivity contribution in [3.63, 3.8) is 0 Å². The summed E-state index contributed by atoms with van der Waals surface area (Å²) in [5.41, 5.74) is 0. The number of aliphatic hydroxyl groups is 1. The van der Waals surface area contributed by atoms with Gasteiger partial charge in [-0.05, 0) is 12.8 Å². The van der Waals surface area contributed by atoms with E-state index >= 15 is 0 Å². The van der Waals surface area contributed by atoms with E-state index in [-0.39, 0.29) is 57.5 Å². The predicted octanol–water partition coefficient (Wildman–Crippen LogP) is 0.273. The summed E-state index contributed by atoms with van der Waals surface area (Å²) in [7, 11) is 0. The average molecular weight is 126 g/mol. The molecule has 1 saturated carbocycles. The van der Waals surface area contributed by atoms with Crippen LogP contribution in [0.25, 0.3) is 0 Å². The van der Waals surface area contributed by atoms with Crippen LogP contribution in [0.1, 0.15) is 25.7 Å². The standard InChI is InChI=1S/C5H10O.K.H/c6-5-3-1-2-4-5;;/h5-6H,1-4H2;;. The van der Waals surface area contributed by atoms with Gasteiger partial charge < -0.3 is 5.11 Å². The zero-order chi connectivity index (χ0) is 4.41. The van der Waals surface area contributed by atoms with Crippen LogP contribution >= 0.6 is 0 Å². The van der Waals surface area contributed by atoms with E-state index in [2.05, 4.69) is 0 Å². The Kier molecular flexibility index (Phi) is 5.49. The number of aliphatic hydroxyl groups excluding tert-OH is 1. The van der Waals surface area contributed by atoms with Gasteiger partial charge in [0.05, 0.1) is 6.10 Å². The molecule has 0 aromatic rings. The van der Waals surface area contributed by atoms with Gasteiger partial charge in [-0.15, -0.1) is 0 Å². The molecule has 1 aliphatic rings. The van der Waals surface area contributed by atoms with Gasteiger partial charge in [-0.3, -0.25) is 0 Å². The van der Waals surface area contributed by atoms with Gasteiger partial charge in [-0.25, -0.2) is 0 Å². The molecule has 0 heterocycles. The van der Waals surface area contributed by atoms with Gasteiger partial charge in [0.2, 0.25) is 0 Å². The van der Waals surface area contributed by atoms with Gasteiger partial charge in [0.15, 0.2) is 0 Å². The van der Waals surface area contributed by atoms with Crippen molar-refractivity contribution in [2.24, 2.45) is 0 Å². The van der Waals surface area contributed by atoms with Crippen molar-refractivity contribution in [3.05, 3.63) is 0 Å². The van der Waals surface area contributed by atoms with E-state index < -0.39 is 0 Å². The molecule has 0 aliphatic heterocycles. The molecule has 2 heteroatoms. The molecular weight excluding hydrogens is 115 g/mol. The molecule has 38 valence electrons. The van der Waals surface area contributed by atoms with Crippen LogP contribution in [0.2, 0.25) is 0 Å². The van der Waals surface area contributed by atoms with Crippen molar-refractivity contribution < 1.29 is 5.11 Å². The van der Waals surface area contributed by atoms with Gasteiger partial charge >= 0.3 is 51.4 Å². The fraction of sp³-hybridized carbons (Fsp3) is 1.00. The fourth-order valence-electron chi connectivity index (χ4n) is 0.904. The summed E-state index contributed by atoms with van der Waals surface area (Å²) < 4.78 is 0. The number of rotatable bonds is 0. The van der Waals surface area contributed by atoms with Crippen LogP contribution in [-0.4, -0.2) is 62.6 Å². The normalized spacial score (nSPS) is 21.9. The Bertz CT molecular complexity index is 41.3.